The lowest BCUT2D eigenvalue weighted by molar-refractivity contribution is -0.137. The van der Waals surface area contributed by atoms with Crippen LogP contribution in [0.2, 0.25) is 0 Å². The number of nitrogens with one attached hydrogen (secondary N) is 1. The third kappa shape index (κ3) is 4.28. The number of ether oxygens (including phenoxy) is 1. The number of carbonyl (C=O) groups excluding carboxylic acids is 1. The molecule has 5 nitrogen and oxygen atoms in total. The van der Waals surface area contributed by atoms with Gasteiger partial charge in [-0.05, 0) is 33.8 Å². The summed E-state index contributed by atoms with van der Waals surface area (Å²) in [5, 5.41) is 3.46. The summed E-state index contributed by atoms with van der Waals surface area (Å²) in [6, 6.07) is 8.05. The summed E-state index contributed by atoms with van der Waals surface area (Å²) in [5.74, 6) is 0.984. The predicted molar refractivity (Wildman–Crippen MR) is 97.3 cm³/mol. The van der Waals surface area contributed by atoms with E-state index in [4.69, 9.17) is 4.74 Å². The SMILES string of the molecule is CCOc1ccccc1C(C(=O)N(CC)CC)N1CCNC(C)C1. The van der Waals surface area contributed by atoms with Crippen molar-refractivity contribution in [3.63, 3.8) is 0 Å². The molecular weight excluding hydrogens is 302 g/mol. The smallest absolute Gasteiger partial charge is 0.244 e. The highest BCUT2D eigenvalue weighted by molar-refractivity contribution is 5.84. The van der Waals surface area contributed by atoms with E-state index in [1.54, 1.807) is 0 Å². The Balaban J connectivity index is 2.40. The Labute approximate surface area is 146 Å². The van der Waals surface area contributed by atoms with Crippen LogP contribution < -0.4 is 10.1 Å². The van der Waals surface area contributed by atoms with Crippen LogP contribution in [-0.2, 0) is 4.79 Å². The zero-order valence-corrected chi connectivity index (χ0v) is 15.4. The number of carbonyl (C=O) groups is 1. The summed E-state index contributed by atoms with van der Waals surface area (Å²) in [6.45, 7) is 12.9. The first-order valence-corrected chi connectivity index (χ1v) is 9.10. The van der Waals surface area contributed by atoms with Crippen molar-refractivity contribution < 1.29 is 9.53 Å². The van der Waals surface area contributed by atoms with Gasteiger partial charge in [0.2, 0.25) is 5.91 Å². The summed E-state index contributed by atoms with van der Waals surface area (Å²) in [4.78, 5) is 17.5. The molecule has 0 radical (unpaired) electrons. The Hall–Kier alpha value is -1.59. The highest BCUT2D eigenvalue weighted by atomic mass is 16.5. The first-order chi connectivity index (χ1) is 11.6. The Morgan fingerprint density at radius 2 is 2.04 bits per heavy atom. The largest absolute Gasteiger partial charge is 0.494 e. The van der Waals surface area contributed by atoms with Crippen LogP contribution in [0.15, 0.2) is 24.3 Å². The van der Waals surface area contributed by atoms with Gasteiger partial charge in [-0.1, -0.05) is 18.2 Å². The van der Waals surface area contributed by atoms with E-state index in [1.807, 2.05) is 49.9 Å². The van der Waals surface area contributed by atoms with Crippen molar-refractivity contribution in [1.82, 2.24) is 15.1 Å². The molecule has 1 amide bonds. The first kappa shape index (κ1) is 18.7. The van der Waals surface area contributed by atoms with E-state index in [1.165, 1.54) is 0 Å². The molecule has 0 spiro atoms. The molecule has 1 saturated heterocycles. The molecule has 0 bridgehead atoms. The molecule has 2 unspecified atom stereocenters. The molecule has 0 aromatic heterocycles. The maximum absolute atomic E-state index is 13.3. The molecule has 24 heavy (non-hydrogen) atoms. The van der Waals surface area contributed by atoms with E-state index < -0.39 is 0 Å². The van der Waals surface area contributed by atoms with E-state index >= 15 is 0 Å². The number of rotatable bonds is 7. The fourth-order valence-corrected chi connectivity index (χ4v) is 3.38. The van der Waals surface area contributed by atoms with Crippen molar-refractivity contribution in [3.8, 4) is 5.75 Å². The lowest BCUT2D eigenvalue weighted by Gasteiger charge is -2.39. The Morgan fingerprint density at radius 3 is 2.67 bits per heavy atom. The number of nitrogens with zero attached hydrogens (tertiary/aromatic N) is 2. The van der Waals surface area contributed by atoms with Gasteiger partial charge in [-0.2, -0.15) is 0 Å². The minimum absolute atomic E-state index is 0.168. The molecule has 1 aliphatic heterocycles. The summed E-state index contributed by atoms with van der Waals surface area (Å²) >= 11 is 0. The minimum Gasteiger partial charge on any atom is -0.494 e. The van der Waals surface area contributed by atoms with Gasteiger partial charge in [0, 0.05) is 44.3 Å². The molecule has 1 aromatic carbocycles. The lowest BCUT2D eigenvalue weighted by atomic mass is 10.0. The average molecular weight is 333 g/mol. The normalized spacial score (nSPS) is 19.8. The molecule has 134 valence electrons. The quantitative estimate of drug-likeness (QED) is 0.831. The number of hydrogen-bond acceptors (Lipinski definition) is 4. The summed E-state index contributed by atoms with van der Waals surface area (Å²) in [7, 11) is 0. The Morgan fingerprint density at radius 1 is 1.33 bits per heavy atom. The molecule has 1 aliphatic rings. The molecule has 5 heteroatoms. The Bertz CT molecular complexity index is 531. The van der Waals surface area contributed by atoms with Crippen LogP contribution in [0.3, 0.4) is 0 Å². The summed E-state index contributed by atoms with van der Waals surface area (Å²) in [5.41, 5.74) is 0.977. The number of likely N-dealkylation sites (N-methyl/N-ethyl adjacent to an activating group) is 1. The van der Waals surface area contributed by atoms with Gasteiger partial charge < -0.3 is 15.0 Å². The number of hydrogen-bond donors (Lipinski definition) is 1. The van der Waals surface area contributed by atoms with Gasteiger partial charge in [-0.15, -0.1) is 0 Å². The van der Waals surface area contributed by atoms with Gasteiger partial charge in [0.1, 0.15) is 11.8 Å². The van der Waals surface area contributed by atoms with Crippen LogP contribution in [0.1, 0.15) is 39.3 Å². The fraction of sp³-hybridized carbons (Fsp3) is 0.632. The van der Waals surface area contributed by atoms with Crippen molar-refractivity contribution in [3.05, 3.63) is 29.8 Å². The molecule has 1 aromatic rings. The highest BCUT2D eigenvalue weighted by Gasteiger charge is 2.34. The van der Waals surface area contributed by atoms with Gasteiger partial charge in [0.25, 0.3) is 0 Å². The van der Waals surface area contributed by atoms with Crippen LogP contribution in [0.4, 0.5) is 0 Å². The maximum atomic E-state index is 13.3. The van der Waals surface area contributed by atoms with Crippen molar-refractivity contribution >= 4 is 5.91 Å². The minimum atomic E-state index is -0.280. The van der Waals surface area contributed by atoms with E-state index in [0.717, 1.165) is 44.0 Å². The van der Waals surface area contributed by atoms with E-state index in [-0.39, 0.29) is 11.9 Å². The van der Waals surface area contributed by atoms with Gasteiger partial charge >= 0.3 is 0 Å². The number of benzene rings is 1. The number of para-hydroxylation sites is 1. The second-order valence-electron chi connectivity index (χ2n) is 6.23. The molecule has 0 aliphatic carbocycles. The first-order valence-electron chi connectivity index (χ1n) is 9.10. The van der Waals surface area contributed by atoms with Gasteiger partial charge in [0.05, 0.1) is 6.61 Å². The second kappa shape index (κ2) is 9.04. The van der Waals surface area contributed by atoms with Gasteiger partial charge in [0.15, 0.2) is 0 Å². The average Bonchev–Trinajstić information content (AvgIpc) is 2.58. The number of amides is 1. The molecule has 0 saturated carbocycles. The molecule has 1 fully saturated rings. The zero-order valence-electron chi connectivity index (χ0n) is 15.4. The third-order valence-corrected chi connectivity index (χ3v) is 4.59. The fourth-order valence-electron chi connectivity index (χ4n) is 3.38. The predicted octanol–water partition coefficient (Wildman–Crippen LogP) is 2.29. The summed E-state index contributed by atoms with van der Waals surface area (Å²) in [6.07, 6.45) is 0. The van der Waals surface area contributed by atoms with Crippen LogP contribution >= 0.6 is 0 Å². The van der Waals surface area contributed by atoms with Crippen LogP contribution in [-0.4, -0.2) is 61.1 Å². The Kier molecular flexibility index (Phi) is 7.06. The zero-order chi connectivity index (χ0) is 17.5. The standard InChI is InChI=1S/C19H31N3O2/c1-5-21(6-2)19(23)18(22-13-12-20-15(4)14-22)16-10-8-9-11-17(16)24-7-3/h8-11,15,18,20H,5-7,12-14H2,1-4H3. The maximum Gasteiger partial charge on any atom is 0.244 e. The van der Waals surface area contributed by atoms with Crippen LogP contribution in [0.5, 0.6) is 5.75 Å². The van der Waals surface area contributed by atoms with E-state index in [2.05, 4.69) is 17.1 Å². The highest BCUT2D eigenvalue weighted by Crippen LogP contribution is 2.32. The van der Waals surface area contributed by atoms with E-state index in [0.29, 0.717) is 12.6 Å². The molecule has 1 N–H and O–H groups in total. The topological polar surface area (TPSA) is 44.8 Å². The third-order valence-electron chi connectivity index (χ3n) is 4.59. The van der Waals surface area contributed by atoms with Gasteiger partial charge in [-0.3, -0.25) is 9.69 Å². The summed E-state index contributed by atoms with van der Waals surface area (Å²) < 4.78 is 5.82. The molecule has 1 heterocycles. The molecule has 2 rings (SSSR count). The number of piperazine rings is 1. The van der Waals surface area contributed by atoms with Gasteiger partial charge in [-0.25, -0.2) is 0 Å². The van der Waals surface area contributed by atoms with Crippen LogP contribution in [0.25, 0.3) is 0 Å². The van der Waals surface area contributed by atoms with Crippen molar-refractivity contribution in [2.75, 3.05) is 39.3 Å². The van der Waals surface area contributed by atoms with Crippen LogP contribution in [0, 0.1) is 0 Å². The molecular formula is C19H31N3O2. The van der Waals surface area contributed by atoms with Crippen molar-refractivity contribution in [2.24, 2.45) is 0 Å². The van der Waals surface area contributed by atoms with Crippen molar-refractivity contribution in [1.29, 1.82) is 0 Å². The molecule has 2 atom stereocenters. The lowest BCUT2D eigenvalue weighted by Crippen LogP contribution is -2.53. The van der Waals surface area contributed by atoms with E-state index in [9.17, 15) is 4.79 Å². The monoisotopic (exact) mass is 333 g/mol. The van der Waals surface area contributed by atoms with Crippen molar-refractivity contribution in [2.45, 2.75) is 39.8 Å². The second-order valence-corrected chi connectivity index (χ2v) is 6.23.